The molecule has 0 spiro atoms. The van der Waals surface area contributed by atoms with Gasteiger partial charge in [-0.05, 0) is 38.9 Å². The van der Waals surface area contributed by atoms with Gasteiger partial charge >= 0.3 is 0 Å². The van der Waals surface area contributed by atoms with Crippen molar-refractivity contribution in [1.29, 1.82) is 0 Å². The van der Waals surface area contributed by atoms with E-state index in [1.54, 1.807) is 11.8 Å². The molecule has 0 aromatic carbocycles. The summed E-state index contributed by atoms with van der Waals surface area (Å²) in [6.45, 7) is 6.90. The minimum atomic E-state index is 0. The van der Waals surface area contributed by atoms with Crippen LogP contribution in [0.2, 0.25) is 0 Å². The van der Waals surface area contributed by atoms with Gasteiger partial charge in [-0.1, -0.05) is 31.5 Å². The van der Waals surface area contributed by atoms with Crippen molar-refractivity contribution in [3.8, 4) is 0 Å². The lowest BCUT2D eigenvalue weighted by Crippen LogP contribution is -2.38. The number of hydrogen-bond acceptors (Lipinski definition) is 4. The third-order valence-electron chi connectivity index (χ3n) is 4.31. The van der Waals surface area contributed by atoms with Crippen molar-refractivity contribution >= 4 is 41.7 Å². The smallest absolute Gasteiger partial charge is 0.191 e. The standard InChI is InChI=1S/C17H32N6S.HI/c1-4-12-19-16(18-5-2)20-13-8-11-15-21-22-17(24-3)23(15)14-9-6-7-10-14;/h14H,4-13H2,1-3H3,(H2,18,19,20);1H. The third-order valence-corrected chi connectivity index (χ3v) is 4.96. The average molecular weight is 480 g/mol. The van der Waals surface area contributed by atoms with Crippen LogP contribution in [0, 0.1) is 0 Å². The summed E-state index contributed by atoms with van der Waals surface area (Å²) >= 11 is 1.71. The summed E-state index contributed by atoms with van der Waals surface area (Å²) in [5, 5.41) is 16.6. The van der Waals surface area contributed by atoms with Crippen molar-refractivity contribution in [3.05, 3.63) is 5.82 Å². The lowest BCUT2D eigenvalue weighted by atomic mass is 10.2. The molecule has 2 N–H and O–H groups in total. The number of nitrogens with one attached hydrogen (secondary N) is 2. The van der Waals surface area contributed by atoms with Crippen LogP contribution in [-0.4, -0.2) is 46.6 Å². The van der Waals surface area contributed by atoms with Crippen LogP contribution in [0.1, 0.15) is 64.2 Å². The molecule has 1 aromatic heterocycles. The Morgan fingerprint density at radius 2 is 2.00 bits per heavy atom. The highest BCUT2D eigenvalue weighted by atomic mass is 127. The molecule has 144 valence electrons. The molecule has 2 rings (SSSR count). The first kappa shape index (κ1) is 22.5. The molecule has 0 aliphatic heterocycles. The number of nitrogens with zero attached hydrogens (tertiary/aromatic N) is 4. The molecule has 1 aliphatic rings. The minimum Gasteiger partial charge on any atom is -0.357 e. The van der Waals surface area contributed by atoms with Crippen molar-refractivity contribution in [1.82, 2.24) is 25.4 Å². The molecule has 1 fully saturated rings. The van der Waals surface area contributed by atoms with Crippen LogP contribution in [-0.2, 0) is 6.42 Å². The lowest BCUT2D eigenvalue weighted by Gasteiger charge is -2.16. The molecule has 8 heteroatoms. The van der Waals surface area contributed by atoms with Crippen LogP contribution in [0.25, 0.3) is 0 Å². The van der Waals surface area contributed by atoms with Crippen molar-refractivity contribution in [2.24, 2.45) is 4.99 Å². The maximum atomic E-state index is 4.53. The number of hydrogen-bond donors (Lipinski definition) is 2. The normalized spacial score (nSPS) is 15.2. The van der Waals surface area contributed by atoms with Gasteiger partial charge in [-0.2, -0.15) is 0 Å². The van der Waals surface area contributed by atoms with Crippen LogP contribution < -0.4 is 10.6 Å². The number of aryl methyl sites for hydroxylation is 1. The van der Waals surface area contributed by atoms with E-state index < -0.39 is 0 Å². The van der Waals surface area contributed by atoms with Gasteiger partial charge in [0.25, 0.3) is 0 Å². The molecule has 1 aromatic rings. The van der Waals surface area contributed by atoms with Crippen molar-refractivity contribution in [2.45, 2.75) is 70.0 Å². The molecule has 0 atom stereocenters. The number of halogens is 1. The second kappa shape index (κ2) is 12.8. The Labute approximate surface area is 173 Å². The minimum absolute atomic E-state index is 0. The quantitative estimate of drug-likeness (QED) is 0.186. The highest BCUT2D eigenvalue weighted by Crippen LogP contribution is 2.33. The molecule has 0 unspecified atom stereocenters. The van der Waals surface area contributed by atoms with E-state index in [0.29, 0.717) is 6.04 Å². The van der Waals surface area contributed by atoms with Gasteiger partial charge < -0.3 is 15.2 Å². The van der Waals surface area contributed by atoms with Gasteiger partial charge in [-0.25, -0.2) is 0 Å². The maximum absolute atomic E-state index is 4.53. The van der Waals surface area contributed by atoms with Crippen LogP contribution in [0.5, 0.6) is 0 Å². The van der Waals surface area contributed by atoms with Crippen molar-refractivity contribution in [2.75, 3.05) is 25.9 Å². The van der Waals surface area contributed by atoms with E-state index in [1.807, 2.05) is 0 Å². The molecule has 1 heterocycles. The number of aromatic nitrogens is 3. The molecular formula is C17H33IN6S. The third kappa shape index (κ3) is 6.96. The van der Waals surface area contributed by atoms with E-state index in [9.17, 15) is 0 Å². The largest absolute Gasteiger partial charge is 0.357 e. The first-order chi connectivity index (χ1) is 11.8. The molecule has 0 saturated heterocycles. The van der Waals surface area contributed by atoms with E-state index >= 15 is 0 Å². The maximum Gasteiger partial charge on any atom is 0.191 e. The Bertz CT molecular complexity index is 513. The second-order valence-corrected chi connectivity index (χ2v) is 6.98. The molecule has 0 radical (unpaired) electrons. The Hall–Kier alpha value is -0.510. The Balaban J connectivity index is 0.00000312. The van der Waals surface area contributed by atoms with Crippen LogP contribution >= 0.6 is 35.7 Å². The Kier molecular flexibility index (Phi) is 11.5. The van der Waals surface area contributed by atoms with E-state index in [-0.39, 0.29) is 24.0 Å². The van der Waals surface area contributed by atoms with Crippen LogP contribution in [0.3, 0.4) is 0 Å². The fourth-order valence-corrected chi connectivity index (χ4v) is 3.74. The molecule has 6 nitrogen and oxygen atoms in total. The van der Waals surface area contributed by atoms with E-state index in [4.69, 9.17) is 0 Å². The van der Waals surface area contributed by atoms with Crippen LogP contribution in [0.4, 0.5) is 0 Å². The molecule has 0 amide bonds. The van der Waals surface area contributed by atoms with Gasteiger partial charge in [-0.3, -0.25) is 4.99 Å². The average Bonchev–Trinajstić information content (AvgIpc) is 3.24. The first-order valence-corrected chi connectivity index (χ1v) is 10.5. The Morgan fingerprint density at radius 1 is 1.24 bits per heavy atom. The fourth-order valence-electron chi connectivity index (χ4n) is 3.16. The summed E-state index contributed by atoms with van der Waals surface area (Å²) < 4.78 is 2.40. The summed E-state index contributed by atoms with van der Waals surface area (Å²) in [7, 11) is 0. The summed E-state index contributed by atoms with van der Waals surface area (Å²) in [6.07, 6.45) is 10.4. The van der Waals surface area contributed by atoms with Gasteiger partial charge in [0.2, 0.25) is 0 Å². The number of guanidine groups is 1. The van der Waals surface area contributed by atoms with Gasteiger partial charge in [0.15, 0.2) is 11.1 Å². The number of thioether (sulfide) groups is 1. The van der Waals surface area contributed by atoms with E-state index in [2.05, 4.69) is 50.5 Å². The fraction of sp³-hybridized carbons (Fsp3) is 0.824. The van der Waals surface area contributed by atoms with Gasteiger partial charge in [0.05, 0.1) is 0 Å². The van der Waals surface area contributed by atoms with Crippen molar-refractivity contribution in [3.63, 3.8) is 0 Å². The van der Waals surface area contributed by atoms with E-state index in [1.165, 1.54) is 25.7 Å². The Morgan fingerprint density at radius 3 is 2.64 bits per heavy atom. The zero-order valence-electron chi connectivity index (χ0n) is 15.8. The number of rotatable bonds is 9. The summed E-state index contributed by atoms with van der Waals surface area (Å²) in [4.78, 5) is 4.53. The number of aliphatic imine (C=N–C) groups is 1. The molecule has 25 heavy (non-hydrogen) atoms. The summed E-state index contributed by atoms with van der Waals surface area (Å²) in [5.41, 5.74) is 0. The monoisotopic (exact) mass is 480 g/mol. The molecule has 0 bridgehead atoms. The van der Waals surface area contributed by atoms with Crippen LogP contribution in [0.15, 0.2) is 10.1 Å². The van der Waals surface area contributed by atoms with Gasteiger partial charge in [0.1, 0.15) is 5.82 Å². The van der Waals surface area contributed by atoms with Crippen molar-refractivity contribution < 1.29 is 0 Å². The highest BCUT2D eigenvalue weighted by molar-refractivity contribution is 14.0. The van der Waals surface area contributed by atoms with E-state index in [0.717, 1.165) is 55.8 Å². The highest BCUT2D eigenvalue weighted by Gasteiger charge is 2.23. The SMILES string of the molecule is CCCN=C(NCC)NCCCc1nnc(SC)n1C1CCCC1.I. The lowest BCUT2D eigenvalue weighted by molar-refractivity contribution is 0.460. The van der Waals surface area contributed by atoms with Gasteiger partial charge in [-0.15, -0.1) is 34.2 Å². The van der Waals surface area contributed by atoms with Gasteiger partial charge in [0, 0.05) is 32.1 Å². The summed E-state index contributed by atoms with van der Waals surface area (Å²) in [5.74, 6) is 2.06. The zero-order chi connectivity index (χ0) is 17.2. The predicted octanol–water partition coefficient (Wildman–Crippen LogP) is 3.63. The second-order valence-electron chi connectivity index (χ2n) is 6.20. The molecule has 1 aliphatic carbocycles. The zero-order valence-corrected chi connectivity index (χ0v) is 18.9. The predicted molar refractivity (Wildman–Crippen MR) is 117 cm³/mol. The first-order valence-electron chi connectivity index (χ1n) is 9.30. The molecule has 1 saturated carbocycles. The topological polar surface area (TPSA) is 67.1 Å². The molecular weight excluding hydrogens is 447 g/mol. The summed E-state index contributed by atoms with van der Waals surface area (Å²) in [6, 6.07) is 0.605.